The lowest BCUT2D eigenvalue weighted by Gasteiger charge is -2.23. The van der Waals surface area contributed by atoms with Gasteiger partial charge in [0.25, 0.3) is 0 Å². The molecule has 2 aromatic rings. The monoisotopic (exact) mass is 374 g/mol. The first-order chi connectivity index (χ1) is 12.1. The lowest BCUT2D eigenvalue weighted by atomic mass is 9.80. The molecule has 0 unspecified atom stereocenters. The average Bonchev–Trinajstić information content (AvgIpc) is 2.63. The van der Waals surface area contributed by atoms with Crippen LogP contribution in [0.2, 0.25) is 10.0 Å². The first-order valence-electron chi connectivity index (χ1n) is 7.49. The summed E-state index contributed by atoms with van der Waals surface area (Å²) < 4.78 is 10.6. The second kappa shape index (κ2) is 8.62. The fourth-order valence-corrected chi connectivity index (χ4v) is 3.41. The third-order valence-corrected chi connectivity index (χ3v) is 4.66. The molecule has 0 aromatic heterocycles. The Balaban J connectivity index is 2.57. The quantitative estimate of drug-likeness (QED) is 0.686. The predicted molar refractivity (Wildman–Crippen MR) is 97.3 cm³/mol. The molecule has 25 heavy (non-hydrogen) atoms. The van der Waals surface area contributed by atoms with Crippen molar-refractivity contribution in [3.05, 3.63) is 57.6 Å². The minimum Gasteiger partial charge on any atom is -0.493 e. The highest BCUT2D eigenvalue weighted by Crippen LogP contribution is 2.43. The van der Waals surface area contributed by atoms with Gasteiger partial charge in [-0.3, -0.25) is 0 Å². The van der Waals surface area contributed by atoms with Crippen molar-refractivity contribution in [2.45, 2.75) is 18.3 Å². The minimum atomic E-state index is -0.668. The van der Waals surface area contributed by atoms with Crippen LogP contribution in [0.3, 0.4) is 0 Å². The van der Waals surface area contributed by atoms with Gasteiger partial charge in [0.15, 0.2) is 11.5 Å². The minimum absolute atomic E-state index is 0.134. The van der Waals surface area contributed by atoms with E-state index in [1.165, 1.54) is 7.11 Å². The summed E-state index contributed by atoms with van der Waals surface area (Å²) in [6, 6.07) is 14.8. The Hall–Kier alpha value is -2.40. The van der Waals surface area contributed by atoms with E-state index >= 15 is 0 Å². The summed E-state index contributed by atoms with van der Waals surface area (Å²) in [7, 11) is 3.08. The lowest BCUT2D eigenvalue weighted by molar-refractivity contribution is 0.354. The molecule has 0 amide bonds. The molecule has 0 N–H and O–H groups in total. The third-order valence-electron chi connectivity index (χ3n) is 4.00. The molecule has 4 nitrogen and oxygen atoms in total. The average molecular weight is 375 g/mol. The zero-order valence-electron chi connectivity index (χ0n) is 13.8. The molecule has 128 valence electrons. The van der Waals surface area contributed by atoms with Crippen LogP contribution >= 0.6 is 23.2 Å². The highest BCUT2D eigenvalue weighted by molar-refractivity contribution is 6.36. The van der Waals surface area contributed by atoms with Crippen LogP contribution in [-0.2, 0) is 0 Å². The van der Waals surface area contributed by atoms with Gasteiger partial charge in [-0.05, 0) is 29.8 Å². The van der Waals surface area contributed by atoms with E-state index in [1.54, 1.807) is 37.4 Å². The van der Waals surface area contributed by atoms with Crippen molar-refractivity contribution in [1.29, 1.82) is 10.5 Å². The maximum absolute atomic E-state index is 9.78. The molecular weight excluding hydrogens is 359 g/mol. The molecule has 0 fully saturated rings. The van der Waals surface area contributed by atoms with Gasteiger partial charge in [-0.15, -0.1) is 0 Å². The molecular formula is C19H16Cl2N2O2. The fraction of sp³-hybridized carbons (Fsp3) is 0.263. The molecule has 0 saturated heterocycles. The van der Waals surface area contributed by atoms with E-state index in [2.05, 4.69) is 12.1 Å². The number of ether oxygens (including phenoxy) is 2. The van der Waals surface area contributed by atoms with Gasteiger partial charge >= 0.3 is 0 Å². The molecule has 2 atom stereocenters. The fourth-order valence-electron chi connectivity index (χ4n) is 2.77. The topological polar surface area (TPSA) is 66.0 Å². The number of halogens is 2. The Bertz CT molecular complexity index is 820. The van der Waals surface area contributed by atoms with Gasteiger partial charge in [0.2, 0.25) is 0 Å². The molecule has 0 aliphatic rings. The summed E-state index contributed by atoms with van der Waals surface area (Å²) in [4.78, 5) is 0. The third kappa shape index (κ3) is 3.99. The number of hydrogen-bond acceptors (Lipinski definition) is 4. The highest BCUT2D eigenvalue weighted by Gasteiger charge is 2.29. The van der Waals surface area contributed by atoms with Gasteiger partial charge in [-0.2, -0.15) is 10.5 Å². The van der Waals surface area contributed by atoms with E-state index in [0.29, 0.717) is 27.1 Å². The summed E-state index contributed by atoms with van der Waals surface area (Å²) >= 11 is 12.6. The number of benzene rings is 2. The van der Waals surface area contributed by atoms with Gasteiger partial charge in [-0.25, -0.2) is 0 Å². The van der Waals surface area contributed by atoms with Crippen molar-refractivity contribution in [2.75, 3.05) is 14.2 Å². The van der Waals surface area contributed by atoms with E-state index in [4.69, 9.17) is 32.7 Å². The standard InChI is InChI=1S/C19H16Cl2N2O2/c1-24-17-7-6-12(10-18(17)25-2)13(8-9-22)14(11-23)19-15(20)4-3-5-16(19)21/h3-7,10,13-14H,8H2,1-2H3/t13-,14+/m1/s1. The van der Waals surface area contributed by atoms with Crippen LogP contribution < -0.4 is 9.47 Å². The van der Waals surface area contributed by atoms with E-state index in [-0.39, 0.29) is 6.42 Å². The summed E-state index contributed by atoms with van der Waals surface area (Å²) in [6.45, 7) is 0. The van der Waals surface area contributed by atoms with Crippen molar-refractivity contribution in [2.24, 2.45) is 0 Å². The smallest absolute Gasteiger partial charge is 0.160 e. The Morgan fingerprint density at radius 2 is 1.64 bits per heavy atom. The molecule has 0 radical (unpaired) electrons. The molecule has 0 saturated carbocycles. The number of nitriles is 2. The van der Waals surface area contributed by atoms with Crippen LogP contribution in [0.5, 0.6) is 11.5 Å². The van der Waals surface area contributed by atoms with Gasteiger partial charge in [-0.1, -0.05) is 35.3 Å². The second-order valence-corrected chi connectivity index (χ2v) is 6.14. The predicted octanol–water partition coefficient (Wildman–Crippen LogP) is 5.32. The van der Waals surface area contributed by atoms with Gasteiger partial charge < -0.3 is 9.47 Å². The Kier molecular flexibility index (Phi) is 6.53. The molecule has 0 aliphatic heterocycles. The number of hydrogen-bond donors (Lipinski definition) is 0. The van der Waals surface area contributed by atoms with Crippen molar-refractivity contribution in [3.63, 3.8) is 0 Å². The van der Waals surface area contributed by atoms with Gasteiger partial charge in [0.1, 0.15) is 0 Å². The maximum atomic E-state index is 9.78. The number of methoxy groups -OCH3 is 2. The van der Waals surface area contributed by atoms with Crippen molar-refractivity contribution in [3.8, 4) is 23.6 Å². The summed E-state index contributed by atoms with van der Waals surface area (Å²) in [5, 5.41) is 19.9. The number of rotatable bonds is 6. The first kappa shape index (κ1) is 18.9. The highest BCUT2D eigenvalue weighted by atomic mass is 35.5. The van der Waals surface area contributed by atoms with Crippen LogP contribution in [-0.4, -0.2) is 14.2 Å². The van der Waals surface area contributed by atoms with Crippen molar-refractivity contribution < 1.29 is 9.47 Å². The maximum Gasteiger partial charge on any atom is 0.160 e. The van der Waals surface area contributed by atoms with E-state index < -0.39 is 11.8 Å². The molecule has 0 aliphatic carbocycles. The van der Waals surface area contributed by atoms with E-state index in [9.17, 15) is 10.5 Å². The van der Waals surface area contributed by atoms with Crippen LogP contribution in [0.4, 0.5) is 0 Å². The summed E-state index contributed by atoms with van der Waals surface area (Å²) in [6.07, 6.45) is 0.134. The Labute approximate surface area is 157 Å². The lowest BCUT2D eigenvalue weighted by Crippen LogP contribution is -2.11. The molecule has 2 rings (SSSR count). The molecule has 2 aromatic carbocycles. The van der Waals surface area contributed by atoms with Crippen LogP contribution in [0.15, 0.2) is 36.4 Å². The van der Waals surface area contributed by atoms with Crippen LogP contribution in [0.1, 0.15) is 29.4 Å². The Morgan fingerprint density at radius 1 is 1.00 bits per heavy atom. The van der Waals surface area contributed by atoms with Crippen LogP contribution in [0, 0.1) is 22.7 Å². The molecule has 6 heteroatoms. The normalized spacial score (nSPS) is 12.6. The van der Waals surface area contributed by atoms with Gasteiger partial charge in [0, 0.05) is 27.9 Å². The van der Waals surface area contributed by atoms with E-state index in [1.807, 2.05) is 6.07 Å². The zero-order chi connectivity index (χ0) is 18.4. The number of nitrogens with zero attached hydrogens (tertiary/aromatic N) is 2. The molecule has 0 spiro atoms. The zero-order valence-corrected chi connectivity index (χ0v) is 15.3. The largest absolute Gasteiger partial charge is 0.493 e. The Morgan fingerprint density at radius 3 is 2.16 bits per heavy atom. The van der Waals surface area contributed by atoms with Crippen molar-refractivity contribution >= 4 is 23.2 Å². The molecule has 0 heterocycles. The van der Waals surface area contributed by atoms with Crippen LogP contribution in [0.25, 0.3) is 0 Å². The summed E-state index contributed by atoms with van der Waals surface area (Å²) in [5.74, 6) is 0.0299. The second-order valence-electron chi connectivity index (χ2n) is 5.33. The van der Waals surface area contributed by atoms with Gasteiger partial charge in [0.05, 0.1) is 32.3 Å². The molecule has 0 bridgehead atoms. The van der Waals surface area contributed by atoms with Crippen molar-refractivity contribution in [1.82, 2.24) is 0 Å². The first-order valence-corrected chi connectivity index (χ1v) is 8.25. The van der Waals surface area contributed by atoms with E-state index in [0.717, 1.165) is 5.56 Å². The summed E-state index contributed by atoms with van der Waals surface area (Å²) in [5.41, 5.74) is 1.31. The SMILES string of the molecule is COc1ccc([C@@H](CC#N)[C@H](C#N)c2c(Cl)cccc2Cl)cc1OC.